The molecule has 5 heteroatoms. The highest BCUT2D eigenvalue weighted by atomic mass is 79.9. The lowest BCUT2D eigenvalue weighted by atomic mass is 9.98. The summed E-state index contributed by atoms with van der Waals surface area (Å²) in [7, 11) is 1.77. The van der Waals surface area contributed by atoms with Crippen molar-refractivity contribution in [1.29, 1.82) is 0 Å². The predicted octanol–water partition coefficient (Wildman–Crippen LogP) is 2.10. The number of aromatic nitrogens is 1. The zero-order valence-electron chi connectivity index (χ0n) is 10.9. The number of methoxy groups -OCH3 is 1. The molecule has 0 aromatic carbocycles. The first-order valence-electron chi connectivity index (χ1n) is 6.27. The number of pyridine rings is 1. The molecule has 2 atom stereocenters. The number of ether oxygens (including phenoxy) is 1. The average Bonchev–Trinajstić information content (AvgIpc) is 2.38. The van der Waals surface area contributed by atoms with E-state index in [2.05, 4.69) is 38.8 Å². The van der Waals surface area contributed by atoms with Crippen molar-refractivity contribution in [2.24, 2.45) is 5.73 Å². The maximum absolute atomic E-state index is 5.89. The van der Waals surface area contributed by atoms with Crippen molar-refractivity contribution in [3.63, 3.8) is 0 Å². The molecule has 0 aliphatic carbocycles. The smallest absolute Gasteiger partial charge is 0.131 e. The molecule has 100 valence electrons. The minimum absolute atomic E-state index is 0.316. The van der Waals surface area contributed by atoms with Crippen LogP contribution in [0.3, 0.4) is 0 Å². The van der Waals surface area contributed by atoms with E-state index in [0.29, 0.717) is 18.7 Å². The van der Waals surface area contributed by atoms with Gasteiger partial charge in [-0.05, 0) is 47.3 Å². The normalized spacial score (nSPS) is 24.3. The number of piperidine rings is 1. The lowest BCUT2D eigenvalue weighted by Gasteiger charge is -2.39. The highest BCUT2D eigenvalue weighted by Gasteiger charge is 2.29. The minimum atomic E-state index is 0.316. The quantitative estimate of drug-likeness (QED) is 0.928. The third kappa shape index (κ3) is 2.84. The van der Waals surface area contributed by atoms with Crippen LogP contribution in [0, 0.1) is 6.92 Å². The van der Waals surface area contributed by atoms with E-state index in [0.717, 1.165) is 29.7 Å². The van der Waals surface area contributed by atoms with Crippen LogP contribution in [-0.2, 0) is 4.74 Å². The summed E-state index contributed by atoms with van der Waals surface area (Å²) in [6.07, 6.45) is 4.18. The van der Waals surface area contributed by atoms with E-state index < -0.39 is 0 Å². The summed E-state index contributed by atoms with van der Waals surface area (Å²) in [5, 5.41) is 0. The molecule has 0 spiro atoms. The summed E-state index contributed by atoms with van der Waals surface area (Å²) in [4.78, 5) is 6.85. The Labute approximate surface area is 117 Å². The van der Waals surface area contributed by atoms with Gasteiger partial charge in [-0.2, -0.15) is 0 Å². The predicted molar refractivity (Wildman–Crippen MR) is 76.9 cm³/mol. The molecule has 1 aliphatic rings. The summed E-state index contributed by atoms with van der Waals surface area (Å²) >= 11 is 3.45. The Morgan fingerprint density at radius 1 is 1.61 bits per heavy atom. The molecule has 4 nitrogen and oxygen atoms in total. The molecule has 1 aromatic heterocycles. The number of nitrogens with two attached hydrogens (primary N) is 1. The van der Waals surface area contributed by atoms with Crippen molar-refractivity contribution in [2.45, 2.75) is 31.9 Å². The fourth-order valence-corrected chi connectivity index (χ4v) is 3.01. The molecule has 2 unspecified atom stereocenters. The Morgan fingerprint density at radius 3 is 3.00 bits per heavy atom. The first-order valence-corrected chi connectivity index (χ1v) is 7.06. The Kier molecular flexibility index (Phi) is 4.59. The van der Waals surface area contributed by atoms with Crippen molar-refractivity contribution in [3.05, 3.63) is 22.3 Å². The number of hydrogen-bond donors (Lipinski definition) is 1. The van der Waals surface area contributed by atoms with E-state index >= 15 is 0 Å². The van der Waals surface area contributed by atoms with Crippen LogP contribution < -0.4 is 10.6 Å². The maximum atomic E-state index is 5.89. The van der Waals surface area contributed by atoms with Crippen molar-refractivity contribution in [2.75, 3.05) is 25.1 Å². The second-order valence-corrected chi connectivity index (χ2v) is 5.67. The van der Waals surface area contributed by atoms with Crippen molar-refractivity contribution in [3.8, 4) is 0 Å². The molecule has 2 N–H and O–H groups in total. The number of halogens is 1. The first kappa shape index (κ1) is 13.8. The zero-order chi connectivity index (χ0) is 13.1. The van der Waals surface area contributed by atoms with Crippen molar-refractivity contribution >= 4 is 21.7 Å². The van der Waals surface area contributed by atoms with Gasteiger partial charge in [0.05, 0.1) is 6.10 Å². The molecule has 2 heterocycles. The third-order valence-electron chi connectivity index (χ3n) is 3.56. The Hall–Kier alpha value is -0.650. The molecule has 0 bridgehead atoms. The van der Waals surface area contributed by atoms with Crippen molar-refractivity contribution in [1.82, 2.24) is 4.98 Å². The third-order valence-corrected chi connectivity index (χ3v) is 4.00. The van der Waals surface area contributed by atoms with Crippen LogP contribution in [0.15, 0.2) is 16.7 Å². The van der Waals surface area contributed by atoms with Gasteiger partial charge in [0.1, 0.15) is 5.82 Å². The van der Waals surface area contributed by atoms with Crippen LogP contribution in [0.4, 0.5) is 5.82 Å². The highest BCUT2D eigenvalue weighted by Crippen LogP contribution is 2.27. The van der Waals surface area contributed by atoms with E-state index in [1.54, 1.807) is 7.11 Å². The minimum Gasteiger partial charge on any atom is -0.381 e. The zero-order valence-corrected chi connectivity index (χ0v) is 12.5. The van der Waals surface area contributed by atoms with E-state index in [-0.39, 0.29) is 0 Å². The number of nitrogens with zero attached hydrogens (tertiary/aromatic N) is 2. The Bertz CT molecular complexity index is 413. The van der Waals surface area contributed by atoms with Crippen molar-refractivity contribution < 1.29 is 4.74 Å². The summed E-state index contributed by atoms with van der Waals surface area (Å²) in [6.45, 7) is 3.68. The second kappa shape index (κ2) is 5.99. The number of hydrogen-bond acceptors (Lipinski definition) is 4. The SMILES string of the molecule is COC1CCN(c2ncc(Br)cc2C)C(CN)C1. The maximum Gasteiger partial charge on any atom is 0.131 e. The number of anilines is 1. The molecule has 2 rings (SSSR count). The van der Waals surface area contributed by atoms with Gasteiger partial charge in [-0.15, -0.1) is 0 Å². The van der Waals surface area contributed by atoms with E-state index in [1.165, 1.54) is 5.56 Å². The molecule has 0 amide bonds. The Balaban J connectivity index is 2.21. The van der Waals surface area contributed by atoms with Gasteiger partial charge < -0.3 is 15.4 Å². The molecule has 0 saturated carbocycles. The standard InChI is InChI=1S/C13H20BrN3O/c1-9-5-10(14)8-16-13(9)17-4-3-12(18-2)6-11(17)7-15/h5,8,11-12H,3-4,6-7,15H2,1-2H3. The average molecular weight is 314 g/mol. The molecule has 0 radical (unpaired) electrons. The molecule has 1 aromatic rings. The van der Waals surface area contributed by atoms with Gasteiger partial charge in [-0.25, -0.2) is 4.98 Å². The Morgan fingerprint density at radius 2 is 2.39 bits per heavy atom. The van der Waals surface area contributed by atoms with Crippen LogP contribution in [0.5, 0.6) is 0 Å². The van der Waals surface area contributed by atoms with Crippen LogP contribution in [-0.4, -0.2) is 37.3 Å². The molecular formula is C13H20BrN3O. The summed E-state index contributed by atoms with van der Waals surface area (Å²) in [5.74, 6) is 1.04. The van der Waals surface area contributed by atoms with E-state index in [4.69, 9.17) is 10.5 Å². The van der Waals surface area contributed by atoms with Gasteiger partial charge in [0, 0.05) is 36.9 Å². The van der Waals surface area contributed by atoms with Crippen LogP contribution >= 0.6 is 15.9 Å². The largest absolute Gasteiger partial charge is 0.381 e. The van der Waals surface area contributed by atoms with Crippen LogP contribution in [0.1, 0.15) is 18.4 Å². The fourth-order valence-electron chi connectivity index (χ4n) is 2.56. The van der Waals surface area contributed by atoms with Gasteiger partial charge in [-0.1, -0.05) is 0 Å². The summed E-state index contributed by atoms with van der Waals surface area (Å²) in [5.41, 5.74) is 7.07. The molecule has 1 saturated heterocycles. The molecule has 1 fully saturated rings. The molecule has 18 heavy (non-hydrogen) atoms. The fraction of sp³-hybridized carbons (Fsp3) is 0.615. The topological polar surface area (TPSA) is 51.4 Å². The lowest BCUT2D eigenvalue weighted by Crippen LogP contribution is -2.49. The summed E-state index contributed by atoms with van der Waals surface area (Å²) < 4.78 is 6.46. The van der Waals surface area contributed by atoms with E-state index in [1.807, 2.05) is 6.20 Å². The van der Waals surface area contributed by atoms with Gasteiger partial charge >= 0.3 is 0 Å². The van der Waals surface area contributed by atoms with Crippen LogP contribution in [0.25, 0.3) is 0 Å². The molecular weight excluding hydrogens is 294 g/mol. The van der Waals surface area contributed by atoms with E-state index in [9.17, 15) is 0 Å². The van der Waals surface area contributed by atoms with Crippen LogP contribution in [0.2, 0.25) is 0 Å². The highest BCUT2D eigenvalue weighted by molar-refractivity contribution is 9.10. The van der Waals surface area contributed by atoms with Gasteiger partial charge in [0.15, 0.2) is 0 Å². The first-order chi connectivity index (χ1) is 8.65. The second-order valence-electron chi connectivity index (χ2n) is 4.76. The molecule has 1 aliphatic heterocycles. The lowest BCUT2D eigenvalue weighted by molar-refractivity contribution is 0.0707. The number of aryl methyl sites for hydroxylation is 1. The number of rotatable bonds is 3. The van der Waals surface area contributed by atoms with Gasteiger partial charge in [-0.3, -0.25) is 0 Å². The monoisotopic (exact) mass is 313 g/mol. The summed E-state index contributed by atoms with van der Waals surface area (Å²) in [6, 6.07) is 2.41. The van der Waals surface area contributed by atoms with Gasteiger partial charge in [0.2, 0.25) is 0 Å². The van der Waals surface area contributed by atoms with Gasteiger partial charge in [0.25, 0.3) is 0 Å².